The Hall–Kier alpha value is -2.43. The number of hydrogen-bond acceptors (Lipinski definition) is 4. The van der Waals surface area contributed by atoms with Crippen LogP contribution in [-0.2, 0) is 0 Å². The first-order valence-corrected chi connectivity index (χ1v) is 7.04. The molecule has 0 aromatic carbocycles. The van der Waals surface area contributed by atoms with Crippen molar-refractivity contribution in [3.8, 4) is 0 Å². The Bertz CT molecular complexity index is 640. The van der Waals surface area contributed by atoms with Gasteiger partial charge in [0.05, 0.1) is 11.3 Å². The molecule has 110 valence electrons. The minimum Gasteiger partial charge on any atom is -0.384 e. The second-order valence-electron chi connectivity index (χ2n) is 4.94. The summed E-state index contributed by atoms with van der Waals surface area (Å²) in [5.74, 6) is -0.174. The zero-order valence-corrected chi connectivity index (χ0v) is 12.6. The maximum atomic E-state index is 12.4. The maximum Gasteiger partial charge on any atom is 0.259 e. The molecule has 0 saturated carbocycles. The van der Waals surface area contributed by atoms with E-state index in [4.69, 9.17) is 0 Å². The van der Waals surface area contributed by atoms with Gasteiger partial charge >= 0.3 is 0 Å². The zero-order valence-electron chi connectivity index (χ0n) is 12.6. The van der Waals surface area contributed by atoms with Crippen LogP contribution in [-0.4, -0.2) is 22.4 Å². The number of pyridine rings is 2. The summed E-state index contributed by atoms with van der Waals surface area (Å²) in [6.07, 6.45) is 4.28. The molecular weight excluding hydrogens is 264 g/mol. The largest absolute Gasteiger partial charge is 0.384 e. The number of amides is 1. The molecule has 0 aliphatic rings. The van der Waals surface area contributed by atoms with Crippen molar-refractivity contribution in [2.24, 2.45) is 0 Å². The van der Waals surface area contributed by atoms with Crippen molar-refractivity contribution in [1.29, 1.82) is 0 Å². The summed E-state index contributed by atoms with van der Waals surface area (Å²) in [6.45, 7) is 6.70. The van der Waals surface area contributed by atoms with E-state index in [9.17, 15) is 4.79 Å². The Balaban J connectivity index is 2.22. The van der Waals surface area contributed by atoms with Crippen LogP contribution >= 0.6 is 0 Å². The molecule has 0 fully saturated rings. The quantitative estimate of drug-likeness (QED) is 0.885. The third-order valence-electron chi connectivity index (χ3n) is 3.01. The summed E-state index contributed by atoms with van der Waals surface area (Å²) >= 11 is 0. The number of rotatable bonds is 5. The highest BCUT2D eigenvalue weighted by molar-refractivity contribution is 6.07. The first-order valence-electron chi connectivity index (χ1n) is 7.04. The normalized spacial score (nSPS) is 10.2. The fourth-order valence-electron chi connectivity index (χ4n) is 1.97. The molecule has 0 unspecified atom stereocenters. The first kappa shape index (κ1) is 15.0. The standard InChI is InChI=1S/C16H20N4O/c1-4-6-18-15-9-12(3)19-10-14(15)16(21)20-13-5-7-17-11(2)8-13/h5,7-10H,4,6H2,1-3H3,(H,18,19)(H,17,20,21). The van der Waals surface area contributed by atoms with E-state index in [0.717, 1.165) is 35.7 Å². The maximum absolute atomic E-state index is 12.4. The van der Waals surface area contributed by atoms with Crippen LogP contribution in [0, 0.1) is 13.8 Å². The van der Waals surface area contributed by atoms with E-state index in [1.165, 1.54) is 0 Å². The van der Waals surface area contributed by atoms with Crippen molar-refractivity contribution in [3.63, 3.8) is 0 Å². The van der Waals surface area contributed by atoms with Crippen molar-refractivity contribution < 1.29 is 4.79 Å². The Morgan fingerprint density at radius 1 is 1.19 bits per heavy atom. The van der Waals surface area contributed by atoms with E-state index in [-0.39, 0.29) is 5.91 Å². The second-order valence-corrected chi connectivity index (χ2v) is 4.94. The summed E-state index contributed by atoms with van der Waals surface area (Å²) in [7, 11) is 0. The van der Waals surface area contributed by atoms with Gasteiger partial charge in [0.1, 0.15) is 0 Å². The lowest BCUT2D eigenvalue weighted by Gasteiger charge is -2.12. The van der Waals surface area contributed by atoms with Crippen LogP contribution in [0.15, 0.2) is 30.6 Å². The molecule has 2 heterocycles. The fourth-order valence-corrected chi connectivity index (χ4v) is 1.97. The number of aryl methyl sites for hydroxylation is 2. The van der Waals surface area contributed by atoms with Gasteiger partial charge in [-0.25, -0.2) is 0 Å². The molecule has 2 rings (SSSR count). The number of nitrogens with one attached hydrogen (secondary N) is 2. The van der Waals surface area contributed by atoms with Gasteiger partial charge in [-0.3, -0.25) is 14.8 Å². The predicted octanol–water partition coefficient (Wildman–Crippen LogP) is 3.17. The molecule has 5 heteroatoms. The molecular formula is C16H20N4O. The molecule has 2 aromatic rings. The van der Waals surface area contributed by atoms with Gasteiger partial charge in [-0.15, -0.1) is 0 Å². The van der Waals surface area contributed by atoms with Crippen LogP contribution in [0.1, 0.15) is 35.1 Å². The van der Waals surface area contributed by atoms with E-state index in [1.807, 2.05) is 26.0 Å². The van der Waals surface area contributed by atoms with Gasteiger partial charge in [-0.1, -0.05) is 6.92 Å². The van der Waals surface area contributed by atoms with Crippen LogP contribution < -0.4 is 10.6 Å². The lowest BCUT2D eigenvalue weighted by atomic mass is 10.2. The van der Waals surface area contributed by atoms with Crippen LogP contribution in [0.4, 0.5) is 11.4 Å². The summed E-state index contributed by atoms with van der Waals surface area (Å²) in [5.41, 5.74) is 3.83. The number of carbonyl (C=O) groups is 1. The average molecular weight is 284 g/mol. The molecule has 0 aliphatic heterocycles. The molecule has 0 spiro atoms. The highest BCUT2D eigenvalue weighted by atomic mass is 16.1. The van der Waals surface area contributed by atoms with Crippen molar-refractivity contribution >= 4 is 17.3 Å². The third-order valence-corrected chi connectivity index (χ3v) is 3.01. The third kappa shape index (κ3) is 4.02. The van der Waals surface area contributed by atoms with Gasteiger partial charge in [0, 0.05) is 36.0 Å². The second kappa shape index (κ2) is 6.83. The summed E-state index contributed by atoms with van der Waals surface area (Å²) in [4.78, 5) is 20.7. The van der Waals surface area contributed by atoms with Gasteiger partial charge in [-0.2, -0.15) is 0 Å². The Morgan fingerprint density at radius 2 is 1.95 bits per heavy atom. The Morgan fingerprint density at radius 3 is 2.67 bits per heavy atom. The van der Waals surface area contributed by atoms with E-state index in [2.05, 4.69) is 27.5 Å². The minimum absolute atomic E-state index is 0.174. The SMILES string of the molecule is CCCNc1cc(C)ncc1C(=O)Nc1ccnc(C)c1. The van der Waals surface area contributed by atoms with Gasteiger partial charge in [0.2, 0.25) is 0 Å². The van der Waals surface area contributed by atoms with E-state index in [0.29, 0.717) is 5.56 Å². The average Bonchev–Trinajstić information content (AvgIpc) is 2.45. The van der Waals surface area contributed by atoms with Crippen LogP contribution in [0.2, 0.25) is 0 Å². The van der Waals surface area contributed by atoms with E-state index < -0.39 is 0 Å². The molecule has 21 heavy (non-hydrogen) atoms. The number of aromatic nitrogens is 2. The molecule has 2 aromatic heterocycles. The van der Waals surface area contributed by atoms with Crippen LogP contribution in [0.3, 0.4) is 0 Å². The minimum atomic E-state index is -0.174. The van der Waals surface area contributed by atoms with Gasteiger partial charge in [0.15, 0.2) is 0 Å². The van der Waals surface area contributed by atoms with Crippen molar-refractivity contribution in [2.75, 3.05) is 17.2 Å². The lowest BCUT2D eigenvalue weighted by Crippen LogP contribution is -2.16. The molecule has 0 aliphatic carbocycles. The zero-order chi connectivity index (χ0) is 15.2. The number of carbonyl (C=O) groups excluding carboxylic acids is 1. The van der Waals surface area contributed by atoms with Gasteiger partial charge in [-0.05, 0) is 38.5 Å². The molecule has 0 bridgehead atoms. The van der Waals surface area contributed by atoms with Crippen molar-refractivity contribution in [2.45, 2.75) is 27.2 Å². The molecule has 5 nitrogen and oxygen atoms in total. The summed E-state index contributed by atoms with van der Waals surface area (Å²) in [5, 5.41) is 6.15. The molecule has 0 atom stereocenters. The Labute approximate surface area is 124 Å². The number of anilines is 2. The number of nitrogens with zero attached hydrogens (tertiary/aromatic N) is 2. The van der Waals surface area contributed by atoms with Crippen molar-refractivity contribution in [3.05, 3.63) is 47.5 Å². The first-order chi connectivity index (χ1) is 10.1. The van der Waals surface area contributed by atoms with Crippen molar-refractivity contribution in [1.82, 2.24) is 9.97 Å². The lowest BCUT2D eigenvalue weighted by molar-refractivity contribution is 0.102. The predicted molar refractivity (Wildman–Crippen MR) is 84.7 cm³/mol. The smallest absolute Gasteiger partial charge is 0.259 e. The topological polar surface area (TPSA) is 66.9 Å². The molecule has 2 N–H and O–H groups in total. The van der Waals surface area contributed by atoms with E-state index >= 15 is 0 Å². The van der Waals surface area contributed by atoms with Gasteiger partial charge < -0.3 is 10.6 Å². The summed E-state index contributed by atoms with van der Waals surface area (Å²) < 4.78 is 0. The van der Waals surface area contributed by atoms with Gasteiger partial charge in [0.25, 0.3) is 5.91 Å². The molecule has 0 radical (unpaired) electrons. The molecule has 0 saturated heterocycles. The number of hydrogen-bond donors (Lipinski definition) is 2. The highest BCUT2D eigenvalue weighted by Gasteiger charge is 2.12. The molecule has 1 amide bonds. The monoisotopic (exact) mass is 284 g/mol. The van der Waals surface area contributed by atoms with Crippen LogP contribution in [0.5, 0.6) is 0 Å². The highest BCUT2D eigenvalue weighted by Crippen LogP contribution is 2.18. The van der Waals surface area contributed by atoms with E-state index in [1.54, 1.807) is 18.5 Å². The van der Waals surface area contributed by atoms with Crippen LogP contribution in [0.25, 0.3) is 0 Å². The Kier molecular flexibility index (Phi) is 4.87. The summed E-state index contributed by atoms with van der Waals surface area (Å²) in [6, 6.07) is 5.49. The fraction of sp³-hybridized carbons (Fsp3) is 0.312.